The number of carboxylic acids is 1. The van der Waals surface area contributed by atoms with E-state index in [1.807, 2.05) is 60.8 Å². The van der Waals surface area contributed by atoms with Crippen molar-refractivity contribution in [1.29, 1.82) is 0 Å². The highest BCUT2D eigenvalue weighted by molar-refractivity contribution is 5.93. The van der Waals surface area contributed by atoms with Crippen LogP contribution in [-0.2, 0) is 4.74 Å². The van der Waals surface area contributed by atoms with Gasteiger partial charge < -0.3 is 20.3 Å². The average Bonchev–Trinajstić information content (AvgIpc) is 3.20. The highest BCUT2D eigenvalue weighted by Gasteiger charge is 2.46. The number of ether oxygens (including phenoxy) is 2. The second-order valence-corrected chi connectivity index (χ2v) is 10.4. The van der Waals surface area contributed by atoms with Crippen LogP contribution in [0.1, 0.15) is 35.2 Å². The maximum absolute atomic E-state index is 12.9. The fourth-order valence-electron chi connectivity index (χ4n) is 5.31. The van der Waals surface area contributed by atoms with Gasteiger partial charge in [0.25, 0.3) is 0 Å². The number of hydrogen-bond donors (Lipinski definition) is 2. The zero-order valence-corrected chi connectivity index (χ0v) is 23.0. The van der Waals surface area contributed by atoms with Crippen LogP contribution in [0, 0.1) is 0 Å². The molecule has 1 spiro atoms. The first-order valence-corrected chi connectivity index (χ1v) is 13.6. The van der Waals surface area contributed by atoms with E-state index in [4.69, 9.17) is 20.2 Å². The molecule has 212 valence electrons. The molecule has 0 aliphatic carbocycles. The van der Waals surface area contributed by atoms with Gasteiger partial charge in [-0.05, 0) is 85.6 Å². The monoisotopic (exact) mass is 554 g/mol. The summed E-state index contributed by atoms with van der Waals surface area (Å²) in [6.45, 7) is 2.57. The molecule has 1 atom stereocenters. The van der Waals surface area contributed by atoms with Crippen LogP contribution in [0.5, 0.6) is 5.75 Å². The molecule has 3 N–H and O–H groups in total. The normalized spacial score (nSPS) is 20.1. The molecule has 0 bridgehead atoms. The Balaban J connectivity index is 1.32. The zero-order chi connectivity index (χ0) is 28.8. The van der Waals surface area contributed by atoms with Crippen molar-refractivity contribution >= 4 is 35.3 Å². The third kappa shape index (κ3) is 6.58. The first kappa shape index (κ1) is 27.9. The lowest BCUT2D eigenvalue weighted by Crippen LogP contribution is -2.36. The number of benzene rings is 3. The van der Waals surface area contributed by atoms with Gasteiger partial charge in [0.15, 0.2) is 0 Å². The lowest BCUT2D eigenvalue weighted by atomic mass is 9.94. The molecule has 0 radical (unpaired) electrons. The highest BCUT2D eigenvalue weighted by atomic mass is 16.6. The first-order chi connectivity index (χ1) is 19.9. The minimum Gasteiger partial charge on any atom is -0.497 e. The van der Waals surface area contributed by atoms with E-state index in [9.17, 15) is 14.7 Å². The van der Waals surface area contributed by atoms with Crippen LogP contribution in [0.15, 0.2) is 89.4 Å². The number of anilines is 1. The number of rotatable bonds is 8. The molecule has 1 amide bonds. The third-order valence-corrected chi connectivity index (χ3v) is 7.65. The fourth-order valence-corrected chi connectivity index (χ4v) is 5.31. The van der Waals surface area contributed by atoms with Gasteiger partial charge in [-0.25, -0.2) is 9.59 Å². The molecule has 3 aromatic rings. The molecular weight excluding hydrogens is 520 g/mol. The maximum atomic E-state index is 12.9. The van der Waals surface area contributed by atoms with Crippen LogP contribution in [-0.4, -0.2) is 67.2 Å². The number of para-hydroxylation sites is 1. The Morgan fingerprint density at radius 3 is 2.41 bits per heavy atom. The predicted molar refractivity (Wildman–Crippen MR) is 159 cm³/mol. The van der Waals surface area contributed by atoms with Gasteiger partial charge in [0.05, 0.1) is 24.9 Å². The Morgan fingerprint density at radius 1 is 1.02 bits per heavy atom. The van der Waals surface area contributed by atoms with Crippen LogP contribution in [0.3, 0.4) is 0 Å². The Hall–Kier alpha value is -4.63. The number of hydrogen-bond acceptors (Lipinski definition) is 7. The summed E-state index contributed by atoms with van der Waals surface area (Å²) in [5.74, 6) is -0.243. The Labute approximate surface area is 239 Å². The fraction of sp³-hybridized carbons (Fsp3) is 0.281. The molecule has 2 heterocycles. The van der Waals surface area contributed by atoms with Crippen molar-refractivity contribution in [2.45, 2.75) is 24.9 Å². The van der Waals surface area contributed by atoms with Crippen LogP contribution in [0.4, 0.5) is 16.2 Å². The van der Waals surface area contributed by atoms with Gasteiger partial charge in [0.2, 0.25) is 0 Å². The molecule has 0 saturated carbocycles. The van der Waals surface area contributed by atoms with Gasteiger partial charge in [-0.15, -0.1) is 0 Å². The van der Waals surface area contributed by atoms with Crippen molar-refractivity contribution < 1.29 is 24.2 Å². The minimum atomic E-state index is -1.00. The number of nitrogens with zero attached hydrogens (tertiary/aromatic N) is 3. The number of nitrogens with two attached hydrogens (primary N) is 1. The van der Waals surface area contributed by atoms with Crippen molar-refractivity contribution in [1.82, 2.24) is 4.90 Å². The van der Waals surface area contributed by atoms with E-state index in [0.717, 1.165) is 48.5 Å². The number of amides is 1. The molecule has 2 aliphatic heterocycles. The molecule has 9 heteroatoms. The highest BCUT2D eigenvalue weighted by Crippen LogP contribution is 2.36. The number of aliphatic imine (C=N–C) groups is 1. The quantitative estimate of drug-likeness (QED) is 0.361. The van der Waals surface area contributed by atoms with Crippen molar-refractivity contribution in [3.63, 3.8) is 0 Å². The molecule has 3 aromatic carbocycles. The van der Waals surface area contributed by atoms with Crippen molar-refractivity contribution in [3.8, 4) is 5.75 Å². The average molecular weight is 555 g/mol. The summed E-state index contributed by atoms with van der Waals surface area (Å²) in [5, 5.41) is 9.19. The Bertz CT molecular complexity index is 1440. The van der Waals surface area contributed by atoms with Crippen LogP contribution in [0.2, 0.25) is 0 Å². The number of carboxylic acid groups (broad SMARTS) is 1. The topological polar surface area (TPSA) is 118 Å². The van der Waals surface area contributed by atoms with E-state index in [1.54, 1.807) is 24.1 Å². The smallest absolute Gasteiger partial charge is 0.415 e. The second kappa shape index (κ2) is 12.3. The largest absolute Gasteiger partial charge is 0.497 e. The first-order valence-electron chi connectivity index (χ1n) is 13.6. The van der Waals surface area contributed by atoms with Gasteiger partial charge in [0.1, 0.15) is 11.4 Å². The van der Waals surface area contributed by atoms with Gasteiger partial charge in [-0.3, -0.25) is 14.8 Å². The van der Waals surface area contributed by atoms with Gasteiger partial charge in [-0.2, -0.15) is 0 Å². The number of likely N-dealkylation sites (tertiary alicyclic amines) is 1. The van der Waals surface area contributed by atoms with Crippen LogP contribution >= 0.6 is 0 Å². The molecule has 1 unspecified atom stereocenters. The SMILES string of the molecule is COc1ccc(C(N)=C(C=Nc2ccccc2)CN2CCCC3(CC2)CN(c2ccc(C(=O)O)cc2)C(=O)O3)cc1. The predicted octanol–water partition coefficient (Wildman–Crippen LogP) is 5.35. The number of carbonyl (C=O) groups excluding carboxylic acids is 1. The van der Waals surface area contributed by atoms with Crippen LogP contribution < -0.4 is 15.4 Å². The van der Waals surface area contributed by atoms with Crippen LogP contribution in [0.25, 0.3) is 5.70 Å². The lowest BCUT2D eigenvalue weighted by molar-refractivity contribution is 0.0447. The molecule has 5 rings (SSSR count). The summed E-state index contributed by atoms with van der Waals surface area (Å²) in [5.41, 5.74) is 10.2. The second-order valence-electron chi connectivity index (χ2n) is 10.4. The molecule has 2 fully saturated rings. The van der Waals surface area contributed by atoms with Gasteiger partial charge in [-0.1, -0.05) is 18.2 Å². The minimum absolute atomic E-state index is 0.176. The lowest BCUT2D eigenvalue weighted by Gasteiger charge is -2.26. The number of methoxy groups -OCH3 is 1. The molecule has 2 aliphatic rings. The summed E-state index contributed by atoms with van der Waals surface area (Å²) in [6.07, 6.45) is 3.71. The van der Waals surface area contributed by atoms with Crippen molar-refractivity contribution in [2.75, 3.05) is 38.2 Å². The van der Waals surface area contributed by atoms with Crippen molar-refractivity contribution in [3.05, 3.63) is 95.6 Å². The van der Waals surface area contributed by atoms with Gasteiger partial charge >= 0.3 is 12.1 Å². The van der Waals surface area contributed by atoms with Crippen molar-refractivity contribution in [2.24, 2.45) is 10.7 Å². The molecule has 41 heavy (non-hydrogen) atoms. The van der Waals surface area contributed by atoms with E-state index in [2.05, 4.69) is 4.90 Å². The Morgan fingerprint density at radius 2 is 1.73 bits per heavy atom. The molecule has 2 saturated heterocycles. The van der Waals surface area contributed by atoms with E-state index >= 15 is 0 Å². The standard InChI is InChI=1S/C32H34N4O5/c1-40-28-14-10-23(11-15-28)29(33)25(20-34-26-6-3-2-4-7-26)21-35-18-5-16-32(17-19-35)22-36(31(39)41-32)27-12-8-24(9-13-27)30(37)38/h2-4,6-15,20H,5,16-19,21-22,33H2,1H3,(H,37,38). The van der Waals surface area contributed by atoms with E-state index in [1.165, 1.54) is 12.1 Å². The third-order valence-electron chi connectivity index (χ3n) is 7.65. The number of carbonyl (C=O) groups is 2. The van der Waals surface area contributed by atoms with E-state index in [-0.39, 0.29) is 5.56 Å². The molecular formula is C32H34N4O5. The van der Waals surface area contributed by atoms with E-state index in [0.29, 0.717) is 30.9 Å². The Kier molecular flexibility index (Phi) is 8.35. The molecule has 9 nitrogen and oxygen atoms in total. The summed E-state index contributed by atoms with van der Waals surface area (Å²) in [4.78, 5) is 32.7. The maximum Gasteiger partial charge on any atom is 0.415 e. The zero-order valence-electron chi connectivity index (χ0n) is 23.0. The molecule has 0 aromatic heterocycles. The summed E-state index contributed by atoms with van der Waals surface area (Å²) in [6, 6.07) is 23.7. The van der Waals surface area contributed by atoms with E-state index < -0.39 is 17.7 Å². The summed E-state index contributed by atoms with van der Waals surface area (Å²) >= 11 is 0. The summed E-state index contributed by atoms with van der Waals surface area (Å²) in [7, 11) is 1.63. The van der Waals surface area contributed by atoms with Gasteiger partial charge in [0, 0.05) is 42.7 Å². The summed E-state index contributed by atoms with van der Waals surface area (Å²) < 4.78 is 11.3. The number of aromatic carboxylic acids is 1.